The van der Waals surface area contributed by atoms with Crippen molar-refractivity contribution in [3.63, 3.8) is 0 Å². The highest BCUT2D eigenvalue weighted by Crippen LogP contribution is 2.29. The molecule has 1 aromatic carbocycles. The lowest BCUT2D eigenvalue weighted by Gasteiger charge is -2.27. The molecule has 0 N–H and O–H groups in total. The van der Waals surface area contributed by atoms with Crippen LogP contribution in [0.4, 0.5) is 10.5 Å². The molecule has 0 aliphatic rings. The normalized spacial score (nSPS) is 10.6. The van der Waals surface area contributed by atoms with Crippen molar-refractivity contribution in [2.45, 2.75) is 33.3 Å². The van der Waals surface area contributed by atoms with Crippen LogP contribution >= 0.6 is 15.9 Å². The molecule has 1 aromatic rings. The van der Waals surface area contributed by atoms with Crippen LogP contribution in [-0.4, -0.2) is 11.7 Å². The molecule has 0 atom stereocenters. The van der Waals surface area contributed by atoms with Gasteiger partial charge in [-0.2, -0.15) is 0 Å². The van der Waals surface area contributed by atoms with Crippen molar-refractivity contribution < 1.29 is 9.53 Å². The number of ether oxygens (including phenoxy) is 1. The van der Waals surface area contributed by atoms with Gasteiger partial charge in [-0.05, 0) is 55.8 Å². The fraction of sp³-hybridized carbons (Fsp3) is 0.333. The average Bonchev–Trinajstić information content (AvgIpc) is 2.29. The lowest BCUT2D eigenvalue weighted by Crippen LogP contribution is -2.35. The second-order valence-electron chi connectivity index (χ2n) is 5.03. The zero-order valence-corrected chi connectivity index (χ0v) is 13.2. The average molecular weight is 324 g/mol. The van der Waals surface area contributed by atoms with Crippen molar-refractivity contribution in [1.29, 1.82) is 0 Å². The van der Waals surface area contributed by atoms with Gasteiger partial charge < -0.3 is 4.74 Å². The van der Waals surface area contributed by atoms with E-state index in [0.29, 0.717) is 11.4 Å². The number of benzene rings is 1. The number of anilines is 1. The van der Waals surface area contributed by atoms with Crippen molar-refractivity contribution in [1.82, 2.24) is 0 Å². The summed E-state index contributed by atoms with van der Waals surface area (Å²) in [4.78, 5) is 13.8. The molecule has 0 spiro atoms. The first-order chi connectivity index (χ1) is 8.76. The van der Waals surface area contributed by atoms with Gasteiger partial charge in [-0.3, -0.25) is 0 Å². The summed E-state index contributed by atoms with van der Waals surface area (Å²) in [6.45, 7) is 10.8. The molecule has 19 heavy (non-hydrogen) atoms. The second kappa shape index (κ2) is 6.09. The highest BCUT2D eigenvalue weighted by atomic mass is 79.9. The molecule has 0 aromatic heterocycles. The van der Waals surface area contributed by atoms with Crippen LogP contribution < -0.4 is 4.90 Å². The first kappa shape index (κ1) is 15.5. The van der Waals surface area contributed by atoms with Gasteiger partial charge >= 0.3 is 6.09 Å². The first-order valence-electron chi connectivity index (χ1n) is 5.90. The zero-order chi connectivity index (χ0) is 14.6. The smallest absolute Gasteiger partial charge is 0.419 e. The molecule has 0 unspecified atom stereocenters. The number of nitrogens with zero attached hydrogens (tertiary/aromatic N) is 1. The Morgan fingerprint density at radius 1 is 1.37 bits per heavy atom. The van der Waals surface area contributed by atoms with Crippen LogP contribution in [0.25, 0.3) is 0 Å². The Hall–Kier alpha value is -1.51. The molecule has 0 radical (unpaired) electrons. The van der Waals surface area contributed by atoms with Gasteiger partial charge in [0.1, 0.15) is 5.60 Å². The zero-order valence-electron chi connectivity index (χ0n) is 11.7. The van der Waals surface area contributed by atoms with Crippen LogP contribution in [0.2, 0.25) is 0 Å². The molecule has 3 nitrogen and oxygen atoms in total. The summed E-state index contributed by atoms with van der Waals surface area (Å²) in [6.07, 6.45) is -0.451. The Morgan fingerprint density at radius 3 is 2.42 bits per heavy atom. The highest BCUT2D eigenvalue weighted by Gasteiger charge is 2.25. The molecule has 4 heteroatoms. The molecule has 0 saturated carbocycles. The summed E-state index contributed by atoms with van der Waals surface area (Å²) in [5, 5.41) is 0. The predicted molar refractivity (Wildman–Crippen MR) is 81.2 cm³/mol. The van der Waals surface area contributed by atoms with E-state index in [-0.39, 0.29) is 0 Å². The summed E-state index contributed by atoms with van der Waals surface area (Å²) in [7, 11) is 0. The third kappa shape index (κ3) is 4.27. The molecule has 0 bridgehead atoms. The second-order valence-corrected chi connectivity index (χ2v) is 5.88. The summed E-state index contributed by atoms with van der Waals surface area (Å²) in [6, 6.07) is 7.43. The van der Waals surface area contributed by atoms with Gasteiger partial charge in [0.15, 0.2) is 0 Å². The molecule has 0 heterocycles. The van der Waals surface area contributed by atoms with Crippen molar-refractivity contribution in [2.24, 2.45) is 0 Å². The van der Waals surface area contributed by atoms with Gasteiger partial charge in [-0.1, -0.05) is 18.7 Å². The maximum Gasteiger partial charge on any atom is 0.419 e. The Bertz CT molecular complexity index is 525. The van der Waals surface area contributed by atoms with Crippen LogP contribution in [0.1, 0.15) is 27.7 Å². The van der Waals surface area contributed by atoms with E-state index in [9.17, 15) is 4.79 Å². The summed E-state index contributed by atoms with van der Waals surface area (Å²) < 4.78 is 6.21. The van der Waals surface area contributed by atoms with Crippen LogP contribution in [0.3, 0.4) is 0 Å². The number of carbonyl (C=O) groups is 1. The Balaban J connectivity index is 3.21. The van der Waals surface area contributed by atoms with E-state index in [0.717, 1.165) is 4.47 Å². The lowest BCUT2D eigenvalue weighted by atomic mass is 10.2. The van der Waals surface area contributed by atoms with Crippen LogP contribution in [0.15, 0.2) is 46.7 Å². The molecular formula is C15H18BrNO2. The topological polar surface area (TPSA) is 29.5 Å². The van der Waals surface area contributed by atoms with E-state index in [2.05, 4.69) is 28.2 Å². The SMILES string of the molecule is C=C=C(C)N(C(=O)OC(C)(C)C)c1ccccc1Br. The third-order valence-corrected chi connectivity index (χ3v) is 2.93. The highest BCUT2D eigenvalue weighted by molar-refractivity contribution is 9.10. The Kier molecular flexibility index (Phi) is 4.98. The molecule has 0 saturated heterocycles. The van der Waals surface area contributed by atoms with E-state index in [1.807, 2.05) is 45.0 Å². The lowest BCUT2D eigenvalue weighted by molar-refractivity contribution is 0.0592. The van der Waals surface area contributed by atoms with E-state index >= 15 is 0 Å². The van der Waals surface area contributed by atoms with Gasteiger partial charge in [-0.15, -0.1) is 5.73 Å². The standard InChI is InChI=1S/C15H18BrNO2/c1-6-11(2)17(14(18)19-15(3,4)5)13-10-8-7-9-12(13)16/h7-10H,1H2,2-5H3. The number of allylic oxidation sites excluding steroid dienone is 1. The maximum absolute atomic E-state index is 12.3. The number of halogens is 1. The maximum atomic E-state index is 12.3. The van der Waals surface area contributed by atoms with Gasteiger partial charge in [0.2, 0.25) is 0 Å². The number of rotatable bonds is 2. The number of carbonyl (C=O) groups excluding carboxylic acids is 1. The van der Waals surface area contributed by atoms with Crippen molar-refractivity contribution in [2.75, 3.05) is 4.90 Å². The molecular weight excluding hydrogens is 306 g/mol. The molecule has 0 aliphatic carbocycles. The molecule has 1 rings (SSSR count). The number of amides is 1. The minimum atomic E-state index is -0.558. The fourth-order valence-electron chi connectivity index (χ4n) is 1.44. The molecule has 1 amide bonds. The molecule has 102 valence electrons. The number of para-hydroxylation sites is 1. The van der Waals surface area contributed by atoms with E-state index in [4.69, 9.17) is 4.74 Å². The van der Waals surface area contributed by atoms with Crippen molar-refractivity contribution >= 4 is 27.7 Å². The van der Waals surface area contributed by atoms with E-state index in [1.165, 1.54) is 4.90 Å². The minimum Gasteiger partial charge on any atom is -0.443 e. The Morgan fingerprint density at radius 2 is 1.95 bits per heavy atom. The van der Waals surface area contributed by atoms with E-state index < -0.39 is 11.7 Å². The monoisotopic (exact) mass is 323 g/mol. The quantitative estimate of drug-likeness (QED) is 0.726. The minimum absolute atomic E-state index is 0.451. The van der Waals surface area contributed by atoms with Crippen LogP contribution in [0.5, 0.6) is 0 Å². The number of hydrogen-bond donors (Lipinski definition) is 0. The van der Waals surface area contributed by atoms with Gasteiger partial charge in [-0.25, -0.2) is 9.69 Å². The van der Waals surface area contributed by atoms with Crippen LogP contribution in [-0.2, 0) is 4.74 Å². The summed E-state index contributed by atoms with van der Waals surface area (Å²) >= 11 is 3.43. The Labute approximate surface area is 122 Å². The predicted octanol–water partition coefficient (Wildman–Crippen LogP) is 4.88. The summed E-state index contributed by atoms with van der Waals surface area (Å²) in [5.74, 6) is 0. The van der Waals surface area contributed by atoms with Gasteiger partial charge in [0.25, 0.3) is 0 Å². The van der Waals surface area contributed by atoms with Crippen LogP contribution in [0, 0.1) is 0 Å². The van der Waals surface area contributed by atoms with Crippen molar-refractivity contribution in [3.05, 3.63) is 46.7 Å². The largest absolute Gasteiger partial charge is 0.443 e. The van der Waals surface area contributed by atoms with E-state index in [1.54, 1.807) is 6.92 Å². The first-order valence-corrected chi connectivity index (χ1v) is 6.70. The van der Waals surface area contributed by atoms with Gasteiger partial charge in [0, 0.05) is 4.47 Å². The third-order valence-electron chi connectivity index (χ3n) is 2.26. The summed E-state index contributed by atoms with van der Waals surface area (Å²) in [5.41, 5.74) is 3.45. The molecule has 0 fully saturated rings. The molecule has 0 aliphatic heterocycles. The fourth-order valence-corrected chi connectivity index (χ4v) is 1.90. The van der Waals surface area contributed by atoms with Gasteiger partial charge in [0.05, 0.1) is 11.4 Å². The number of hydrogen-bond acceptors (Lipinski definition) is 2. The van der Waals surface area contributed by atoms with Crippen molar-refractivity contribution in [3.8, 4) is 0 Å².